The van der Waals surface area contributed by atoms with Crippen LogP contribution in [0.5, 0.6) is 5.75 Å². The number of nitrogens with one attached hydrogen (secondary N) is 1. The van der Waals surface area contributed by atoms with Gasteiger partial charge in [0.25, 0.3) is 0 Å². The monoisotopic (exact) mass is 444 g/mol. The van der Waals surface area contributed by atoms with E-state index in [1.165, 1.54) is 31.5 Å². The van der Waals surface area contributed by atoms with E-state index in [4.69, 9.17) is 10.5 Å². The van der Waals surface area contributed by atoms with E-state index < -0.39 is 0 Å². The van der Waals surface area contributed by atoms with Crippen molar-refractivity contribution in [3.63, 3.8) is 0 Å². The van der Waals surface area contributed by atoms with Crippen LogP contribution in [0.1, 0.15) is 44.2 Å². The maximum Gasteiger partial charge on any atom is 0.189 e. The molecule has 2 atom stereocenters. The van der Waals surface area contributed by atoms with Gasteiger partial charge in [-0.25, -0.2) is 0 Å². The zero-order chi connectivity index (χ0) is 16.1. The molecule has 3 N–H and O–H groups in total. The standard InChI is InChI=1S/C18H28N4O.HI/c1-2-14(22-10-5-6-11-22)13-20-18(19)21-16-9-12-23-17-8-4-3-7-15(16)17;/h3-4,7-8,14,16H,2,5-6,9-13H2,1H3,(H3,19,20,21);1H. The number of benzene rings is 1. The van der Waals surface area contributed by atoms with E-state index in [0.29, 0.717) is 18.6 Å². The molecule has 1 saturated heterocycles. The van der Waals surface area contributed by atoms with E-state index >= 15 is 0 Å². The topological polar surface area (TPSA) is 62.9 Å². The maximum absolute atomic E-state index is 6.14. The first-order valence-corrected chi connectivity index (χ1v) is 8.80. The van der Waals surface area contributed by atoms with Gasteiger partial charge < -0.3 is 15.8 Å². The smallest absolute Gasteiger partial charge is 0.189 e. The van der Waals surface area contributed by atoms with Crippen molar-refractivity contribution in [1.29, 1.82) is 0 Å². The molecule has 0 radical (unpaired) electrons. The molecule has 0 spiro atoms. The number of para-hydroxylation sites is 1. The van der Waals surface area contributed by atoms with Gasteiger partial charge in [0.2, 0.25) is 0 Å². The Morgan fingerprint density at radius 1 is 1.38 bits per heavy atom. The van der Waals surface area contributed by atoms with Crippen LogP contribution in [-0.2, 0) is 0 Å². The Morgan fingerprint density at radius 3 is 2.88 bits per heavy atom. The Labute approximate surface area is 162 Å². The maximum atomic E-state index is 6.14. The highest BCUT2D eigenvalue weighted by Gasteiger charge is 2.22. The van der Waals surface area contributed by atoms with Gasteiger partial charge in [-0.15, -0.1) is 24.0 Å². The summed E-state index contributed by atoms with van der Waals surface area (Å²) in [5.74, 6) is 1.50. The SMILES string of the molecule is CCC(CN=C(N)NC1CCOc2ccccc21)N1CCCC1.I. The lowest BCUT2D eigenvalue weighted by molar-refractivity contribution is 0.242. The third-order valence-electron chi connectivity index (χ3n) is 4.88. The number of hydrogen-bond acceptors (Lipinski definition) is 3. The minimum absolute atomic E-state index is 0. The summed E-state index contributed by atoms with van der Waals surface area (Å²) in [5, 5.41) is 3.37. The molecule has 2 aliphatic heterocycles. The number of guanidine groups is 1. The second-order valence-electron chi connectivity index (χ2n) is 6.40. The number of nitrogens with two attached hydrogens (primary N) is 1. The average molecular weight is 444 g/mol. The van der Waals surface area contributed by atoms with E-state index in [1.807, 2.05) is 18.2 Å². The van der Waals surface area contributed by atoms with Gasteiger partial charge in [0.15, 0.2) is 5.96 Å². The van der Waals surface area contributed by atoms with Crippen molar-refractivity contribution in [3.8, 4) is 5.75 Å². The van der Waals surface area contributed by atoms with Crippen LogP contribution in [-0.4, -0.2) is 43.1 Å². The number of aliphatic imine (C=N–C) groups is 1. The summed E-state index contributed by atoms with van der Waals surface area (Å²) in [6.45, 7) is 6.13. The fourth-order valence-corrected chi connectivity index (χ4v) is 3.53. The van der Waals surface area contributed by atoms with Crippen LogP contribution < -0.4 is 15.8 Å². The van der Waals surface area contributed by atoms with Crippen LogP contribution in [0.4, 0.5) is 0 Å². The van der Waals surface area contributed by atoms with Crippen LogP contribution in [0, 0.1) is 0 Å². The average Bonchev–Trinajstić information content (AvgIpc) is 3.10. The van der Waals surface area contributed by atoms with Crippen LogP contribution in [0.3, 0.4) is 0 Å². The molecule has 134 valence electrons. The quantitative estimate of drug-likeness (QED) is 0.417. The molecule has 1 fully saturated rings. The molecule has 0 saturated carbocycles. The molecule has 0 amide bonds. The van der Waals surface area contributed by atoms with Crippen LogP contribution in [0.2, 0.25) is 0 Å². The Balaban J connectivity index is 0.00000208. The molecule has 1 aromatic rings. The molecule has 6 heteroatoms. The fraction of sp³-hybridized carbons (Fsp3) is 0.611. The van der Waals surface area contributed by atoms with Gasteiger partial charge in [0.05, 0.1) is 19.2 Å². The van der Waals surface area contributed by atoms with Gasteiger partial charge in [0.1, 0.15) is 5.75 Å². The Morgan fingerprint density at radius 2 is 2.12 bits per heavy atom. The molecule has 0 aromatic heterocycles. The summed E-state index contributed by atoms with van der Waals surface area (Å²) < 4.78 is 5.69. The van der Waals surface area contributed by atoms with Crippen molar-refractivity contribution in [2.75, 3.05) is 26.2 Å². The Hall–Kier alpha value is -1.02. The highest BCUT2D eigenvalue weighted by Crippen LogP contribution is 2.31. The van der Waals surface area contributed by atoms with Gasteiger partial charge in [0, 0.05) is 18.0 Å². The van der Waals surface area contributed by atoms with E-state index in [9.17, 15) is 0 Å². The minimum atomic E-state index is 0. The molecule has 2 heterocycles. The third kappa shape index (κ3) is 4.75. The molecule has 2 aliphatic rings. The van der Waals surface area contributed by atoms with E-state index in [2.05, 4.69) is 28.2 Å². The Bertz CT molecular complexity index is 546. The van der Waals surface area contributed by atoms with Crippen molar-refractivity contribution in [3.05, 3.63) is 29.8 Å². The number of halogens is 1. The number of likely N-dealkylation sites (tertiary alicyclic amines) is 1. The molecular formula is C18H29IN4O. The number of hydrogen-bond donors (Lipinski definition) is 2. The van der Waals surface area contributed by atoms with Crippen molar-refractivity contribution in [2.45, 2.75) is 44.7 Å². The normalized spacial score (nSPS) is 22.2. The van der Waals surface area contributed by atoms with Crippen LogP contribution >= 0.6 is 24.0 Å². The summed E-state index contributed by atoms with van der Waals surface area (Å²) >= 11 is 0. The van der Waals surface area contributed by atoms with Gasteiger partial charge in [-0.2, -0.15) is 0 Å². The summed E-state index contributed by atoms with van der Waals surface area (Å²) in [4.78, 5) is 7.15. The van der Waals surface area contributed by atoms with Crippen molar-refractivity contribution >= 4 is 29.9 Å². The summed E-state index contributed by atoms with van der Waals surface area (Å²) in [5.41, 5.74) is 7.31. The minimum Gasteiger partial charge on any atom is -0.493 e. The number of fused-ring (bicyclic) bond motifs is 1. The van der Waals surface area contributed by atoms with Gasteiger partial charge in [-0.3, -0.25) is 9.89 Å². The lowest BCUT2D eigenvalue weighted by Gasteiger charge is -2.28. The highest BCUT2D eigenvalue weighted by molar-refractivity contribution is 14.0. The van der Waals surface area contributed by atoms with E-state index in [0.717, 1.165) is 25.1 Å². The van der Waals surface area contributed by atoms with Gasteiger partial charge in [-0.1, -0.05) is 25.1 Å². The zero-order valence-corrected chi connectivity index (χ0v) is 16.7. The molecule has 0 bridgehead atoms. The zero-order valence-electron chi connectivity index (χ0n) is 14.4. The second-order valence-corrected chi connectivity index (χ2v) is 6.40. The fourth-order valence-electron chi connectivity index (χ4n) is 3.53. The first-order valence-electron chi connectivity index (χ1n) is 8.80. The van der Waals surface area contributed by atoms with Crippen LogP contribution in [0.15, 0.2) is 29.3 Å². The molecule has 24 heavy (non-hydrogen) atoms. The largest absolute Gasteiger partial charge is 0.493 e. The number of ether oxygens (including phenoxy) is 1. The number of rotatable bonds is 5. The van der Waals surface area contributed by atoms with E-state index in [1.54, 1.807) is 0 Å². The van der Waals surface area contributed by atoms with E-state index in [-0.39, 0.29) is 30.0 Å². The highest BCUT2D eigenvalue weighted by atomic mass is 127. The first kappa shape index (κ1) is 19.3. The van der Waals surface area contributed by atoms with Crippen molar-refractivity contribution < 1.29 is 4.74 Å². The Kier molecular flexibility index (Phi) is 7.61. The molecule has 5 nitrogen and oxygen atoms in total. The summed E-state index contributed by atoms with van der Waals surface area (Å²) in [6.07, 6.45) is 4.66. The van der Waals surface area contributed by atoms with Gasteiger partial charge in [-0.05, 0) is 38.4 Å². The van der Waals surface area contributed by atoms with Crippen molar-refractivity contribution in [1.82, 2.24) is 10.2 Å². The molecule has 0 aliphatic carbocycles. The molecular weight excluding hydrogens is 415 g/mol. The van der Waals surface area contributed by atoms with Crippen molar-refractivity contribution in [2.24, 2.45) is 10.7 Å². The molecule has 1 aromatic carbocycles. The lowest BCUT2D eigenvalue weighted by atomic mass is 10.0. The molecule has 2 unspecified atom stereocenters. The number of nitrogens with zero attached hydrogens (tertiary/aromatic N) is 2. The summed E-state index contributed by atoms with van der Waals surface area (Å²) in [6, 6.07) is 8.85. The molecule has 3 rings (SSSR count). The lowest BCUT2D eigenvalue weighted by Crippen LogP contribution is -2.39. The third-order valence-corrected chi connectivity index (χ3v) is 4.88. The first-order chi connectivity index (χ1) is 11.3. The summed E-state index contributed by atoms with van der Waals surface area (Å²) in [7, 11) is 0. The van der Waals surface area contributed by atoms with Crippen LogP contribution in [0.25, 0.3) is 0 Å². The second kappa shape index (κ2) is 9.46. The van der Waals surface area contributed by atoms with Gasteiger partial charge >= 0.3 is 0 Å². The predicted octanol–water partition coefficient (Wildman–Crippen LogP) is 2.91. The predicted molar refractivity (Wildman–Crippen MR) is 109 cm³/mol.